The first-order valence-electron chi connectivity index (χ1n) is 14.8. The quantitative estimate of drug-likeness (QED) is 0.198. The van der Waals surface area contributed by atoms with E-state index >= 15 is 0 Å². The van der Waals surface area contributed by atoms with Gasteiger partial charge in [0.25, 0.3) is 0 Å². The van der Waals surface area contributed by atoms with Gasteiger partial charge < -0.3 is 4.74 Å². The summed E-state index contributed by atoms with van der Waals surface area (Å²) in [4.78, 5) is 11.2. The van der Waals surface area contributed by atoms with Gasteiger partial charge in [-0.2, -0.15) is 10.1 Å². The van der Waals surface area contributed by atoms with Crippen LogP contribution in [0.3, 0.4) is 0 Å². The SMILES string of the molecule is CC(C)c1ccnc(-n2c3ccccc3c3ccc(Oc4cccc(N5ON(c6ccccc6)c6ccccc65)c4)cc32)c1. The maximum Gasteiger partial charge on any atom is 0.137 e. The van der Waals surface area contributed by atoms with E-state index in [1.807, 2.05) is 89.1 Å². The maximum atomic E-state index is 6.51. The van der Waals surface area contributed by atoms with Gasteiger partial charge in [-0.05, 0) is 78.2 Å². The molecule has 0 spiro atoms. The predicted molar refractivity (Wildman–Crippen MR) is 177 cm³/mol. The largest absolute Gasteiger partial charge is 0.457 e. The monoisotopic (exact) mass is 574 g/mol. The number of nitrogens with zero attached hydrogens (tertiary/aromatic N) is 4. The highest BCUT2D eigenvalue weighted by Gasteiger charge is 2.30. The highest BCUT2D eigenvalue weighted by atomic mass is 16.8. The molecule has 3 heterocycles. The molecule has 0 bridgehead atoms. The van der Waals surface area contributed by atoms with Crippen LogP contribution in [0.5, 0.6) is 11.5 Å². The Morgan fingerprint density at radius 1 is 0.591 bits per heavy atom. The zero-order valence-electron chi connectivity index (χ0n) is 24.5. The molecule has 0 fully saturated rings. The molecule has 2 aromatic heterocycles. The Kier molecular flexibility index (Phi) is 6.28. The van der Waals surface area contributed by atoms with Crippen LogP contribution in [-0.4, -0.2) is 9.55 Å². The van der Waals surface area contributed by atoms with Gasteiger partial charge in [-0.1, -0.05) is 68.4 Å². The van der Waals surface area contributed by atoms with E-state index in [0.717, 1.165) is 50.7 Å². The topological polar surface area (TPSA) is 42.8 Å². The van der Waals surface area contributed by atoms with Crippen LogP contribution < -0.4 is 14.9 Å². The predicted octanol–water partition coefficient (Wildman–Crippen LogP) is 10.2. The van der Waals surface area contributed by atoms with E-state index in [1.54, 1.807) is 0 Å². The molecule has 0 radical (unpaired) electrons. The minimum atomic E-state index is 0.405. The number of anilines is 4. The molecule has 0 unspecified atom stereocenters. The van der Waals surface area contributed by atoms with Crippen molar-refractivity contribution in [1.29, 1.82) is 0 Å². The summed E-state index contributed by atoms with van der Waals surface area (Å²) in [6.07, 6.45) is 1.90. The van der Waals surface area contributed by atoms with E-state index in [9.17, 15) is 0 Å². The first-order chi connectivity index (χ1) is 21.6. The lowest BCUT2D eigenvalue weighted by molar-refractivity contribution is 0.156. The van der Waals surface area contributed by atoms with Gasteiger partial charge in [0.05, 0.1) is 33.8 Å². The number of rotatable bonds is 6. The summed E-state index contributed by atoms with van der Waals surface area (Å²) in [5.74, 6) is 2.76. The smallest absolute Gasteiger partial charge is 0.137 e. The first kappa shape index (κ1) is 26.1. The third kappa shape index (κ3) is 4.44. The molecule has 44 heavy (non-hydrogen) atoms. The number of fused-ring (bicyclic) bond motifs is 4. The highest BCUT2D eigenvalue weighted by Crippen LogP contribution is 2.45. The van der Waals surface area contributed by atoms with E-state index in [4.69, 9.17) is 14.7 Å². The van der Waals surface area contributed by atoms with Crippen molar-refractivity contribution in [1.82, 2.24) is 9.55 Å². The standard InChI is InChI=1S/C38H30N4O2/c1-26(2)27-21-22-39-38(23-27)40-34-16-7-6-15-32(34)33-20-19-31(25-37(33)40)43-30-14-10-13-29(24-30)42-36-18-9-8-17-35(36)41(44-42)28-11-4-3-5-12-28/h3-26H,1-2H3. The normalized spacial score (nSPS) is 12.8. The second kappa shape index (κ2) is 10.6. The van der Waals surface area contributed by atoms with Crippen molar-refractivity contribution >= 4 is 44.6 Å². The van der Waals surface area contributed by atoms with Gasteiger partial charge in [0.2, 0.25) is 0 Å². The second-order valence-corrected chi connectivity index (χ2v) is 11.2. The third-order valence-corrected chi connectivity index (χ3v) is 8.07. The molecule has 0 aliphatic carbocycles. The molecule has 6 heteroatoms. The second-order valence-electron chi connectivity index (χ2n) is 11.2. The molecule has 8 rings (SSSR count). The Morgan fingerprint density at radius 2 is 1.27 bits per heavy atom. The summed E-state index contributed by atoms with van der Waals surface area (Å²) in [5.41, 5.74) is 7.15. The van der Waals surface area contributed by atoms with E-state index in [0.29, 0.717) is 11.7 Å². The van der Waals surface area contributed by atoms with Gasteiger partial charge in [0, 0.05) is 29.1 Å². The molecule has 6 nitrogen and oxygen atoms in total. The lowest BCUT2D eigenvalue weighted by Gasteiger charge is -2.20. The molecule has 0 saturated heterocycles. The summed E-state index contributed by atoms with van der Waals surface area (Å²) in [5, 5.41) is 6.02. The fourth-order valence-corrected chi connectivity index (χ4v) is 5.90. The summed E-state index contributed by atoms with van der Waals surface area (Å²) < 4.78 is 8.73. The Labute approximate surface area is 255 Å². The van der Waals surface area contributed by atoms with Crippen molar-refractivity contribution in [2.45, 2.75) is 19.8 Å². The number of aromatic nitrogens is 2. The van der Waals surface area contributed by atoms with E-state index in [-0.39, 0.29) is 0 Å². The van der Waals surface area contributed by atoms with Crippen LogP contribution in [0, 0.1) is 0 Å². The average molecular weight is 575 g/mol. The van der Waals surface area contributed by atoms with Gasteiger partial charge in [-0.15, -0.1) is 4.94 Å². The number of para-hydroxylation sites is 4. The van der Waals surface area contributed by atoms with Crippen LogP contribution in [0.1, 0.15) is 25.3 Å². The van der Waals surface area contributed by atoms with E-state index < -0.39 is 0 Å². The molecule has 0 atom stereocenters. The van der Waals surface area contributed by atoms with Gasteiger partial charge >= 0.3 is 0 Å². The van der Waals surface area contributed by atoms with E-state index in [1.165, 1.54) is 10.9 Å². The number of hydrogen-bond donors (Lipinski definition) is 0. The highest BCUT2D eigenvalue weighted by molar-refractivity contribution is 6.09. The Hall–Kier alpha value is -5.59. The van der Waals surface area contributed by atoms with Crippen LogP contribution in [0.4, 0.5) is 22.7 Å². The lowest BCUT2D eigenvalue weighted by atomic mass is 10.1. The fourth-order valence-electron chi connectivity index (χ4n) is 5.90. The van der Waals surface area contributed by atoms with Gasteiger partial charge in [-0.3, -0.25) is 4.57 Å². The van der Waals surface area contributed by atoms with Crippen LogP contribution in [0.25, 0.3) is 27.6 Å². The minimum absolute atomic E-state index is 0.405. The number of benzene rings is 5. The van der Waals surface area contributed by atoms with Crippen molar-refractivity contribution in [3.63, 3.8) is 0 Å². The zero-order chi connectivity index (χ0) is 29.6. The van der Waals surface area contributed by atoms with Crippen LogP contribution in [0.2, 0.25) is 0 Å². The lowest BCUT2D eigenvalue weighted by Crippen LogP contribution is -2.20. The van der Waals surface area contributed by atoms with Crippen molar-refractivity contribution in [2.75, 3.05) is 10.1 Å². The summed E-state index contributed by atoms with van der Waals surface area (Å²) in [7, 11) is 0. The van der Waals surface area contributed by atoms with Crippen LogP contribution >= 0.6 is 0 Å². The summed E-state index contributed by atoms with van der Waals surface area (Å²) >= 11 is 0. The Balaban J connectivity index is 1.16. The molecule has 1 aliphatic heterocycles. The molecular formula is C38H30N4O2. The third-order valence-electron chi connectivity index (χ3n) is 8.07. The minimum Gasteiger partial charge on any atom is -0.457 e. The molecule has 0 saturated carbocycles. The van der Waals surface area contributed by atoms with Gasteiger partial charge in [0.15, 0.2) is 0 Å². The molecule has 5 aromatic carbocycles. The van der Waals surface area contributed by atoms with Crippen molar-refractivity contribution in [2.24, 2.45) is 0 Å². The average Bonchev–Trinajstić information content (AvgIpc) is 3.61. The summed E-state index contributed by atoms with van der Waals surface area (Å²) in [6, 6.07) is 45.2. The number of ether oxygens (including phenoxy) is 1. The summed E-state index contributed by atoms with van der Waals surface area (Å²) in [6.45, 7) is 4.41. The molecule has 0 amide bonds. The van der Waals surface area contributed by atoms with Gasteiger partial charge in [0.1, 0.15) is 17.3 Å². The molecule has 7 aromatic rings. The number of hydrogen-bond acceptors (Lipinski definition) is 5. The molecule has 0 N–H and O–H groups in total. The Bertz CT molecular complexity index is 2140. The fraction of sp³-hybridized carbons (Fsp3) is 0.0789. The van der Waals surface area contributed by atoms with E-state index in [2.05, 4.69) is 79.1 Å². The van der Waals surface area contributed by atoms with Crippen molar-refractivity contribution in [3.05, 3.63) is 145 Å². The Morgan fingerprint density at radius 3 is 2.09 bits per heavy atom. The van der Waals surface area contributed by atoms with Crippen LogP contribution in [-0.2, 0) is 4.94 Å². The maximum absolute atomic E-state index is 6.51. The van der Waals surface area contributed by atoms with Gasteiger partial charge in [-0.25, -0.2) is 4.98 Å². The van der Waals surface area contributed by atoms with Crippen LogP contribution in [0.15, 0.2) is 140 Å². The number of pyridine rings is 1. The zero-order valence-corrected chi connectivity index (χ0v) is 24.5. The first-order valence-corrected chi connectivity index (χ1v) is 14.8. The van der Waals surface area contributed by atoms with Crippen molar-refractivity contribution in [3.8, 4) is 17.3 Å². The molecule has 214 valence electrons. The van der Waals surface area contributed by atoms with Crippen molar-refractivity contribution < 1.29 is 9.68 Å². The molecular weight excluding hydrogens is 544 g/mol. The molecule has 1 aliphatic rings.